The van der Waals surface area contributed by atoms with E-state index >= 15 is 0 Å². The molecule has 3 aromatic rings. The molecule has 1 N–H and O–H groups in total. The van der Waals surface area contributed by atoms with Crippen LogP contribution in [0.2, 0.25) is 0 Å². The van der Waals surface area contributed by atoms with Gasteiger partial charge in [0.25, 0.3) is 0 Å². The van der Waals surface area contributed by atoms with Crippen molar-refractivity contribution in [3.63, 3.8) is 0 Å². The van der Waals surface area contributed by atoms with Crippen molar-refractivity contribution in [2.24, 2.45) is 0 Å². The van der Waals surface area contributed by atoms with E-state index < -0.39 is 0 Å². The number of pyridine rings is 1. The van der Waals surface area contributed by atoms with Crippen molar-refractivity contribution in [3.8, 4) is 11.1 Å². The average Bonchev–Trinajstić information content (AvgIpc) is 2.84. The largest absolute Gasteiger partial charge is 0.346 e. The predicted molar refractivity (Wildman–Crippen MR) is 77.9 cm³/mol. The lowest BCUT2D eigenvalue weighted by molar-refractivity contribution is 1.32. The van der Waals surface area contributed by atoms with Crippen molar-refractivity contribution in [3.05, 3.63) is 48.8 Å². The quantitative estimate of drug-likeness (QED) is 0.704. The molecular weight excluding hydrogens is 240 g/mol. The van der Waals surface area contributed by atoms with Crippen molar-refractivity contribution in [2.75, 3.05) is 5.75 Å². The fraction of sp³-hybridized carbons (Fsp3) is 0.133. The molecule has 0 fully saturated rings. The van der Waals surface area contributed by atoms with Gasteiger partial charge in [0.15, 0.2) is 0 Å². The number of rotatable bonds is 3. The van der Waals surface area contributed by atoms with Crippen LogP contribution in [0, 0.1) is 0 Å². The molecule has 0 saturated heterocycles. The Kier molecular flexibility index (Phi) is 3.07. The number of thioether (sulfide) groups is 1. The summed E-state index contributed by atoms with van der Waals surface area (Å²) in [7, 11) is 0. The van der Waals surface area contributed by atoms with Crippen molar-refractivity contribution >= 4 is 22.8 Å². The Balaban J connectivity index is 2.20. The first-order chi connectivity index (χ1) is 8.90. The van der Waals surface area contributed by atoms with E-state index in [4.69, 9.17) is 0 Å². The number of aromatic nitrogens is 2. The molecule has 18 heavy (non-hydrogen) atoms. The molecule has 0 aliphatic carbocycles. The second-order valence-electron chi connectivity index (χ2n) is 4.03. The van der Waals surface area contributed by atoms with Gasteiger partial charge in [0, 0.05) is 28.2 Å². The molecule has 0 amide bonds. The molecule has 90 valence electrons. The van der Waals surface area contributed by atoms with E-state index in [1.54, 1.807) is 0 Å². The van der Waals surface area contributed by atoms with Gasteiger partial charge in [0.05, 0.1) is 0 Å². The first-order valence-electron chi connectivity index (χ1n) is 6.04. The van der Waals surface area contributed by atoms with Crippen molar-refractivity contribution in [2.45, 2.75) is 11.8 Å². The number of hydrogen-bond donors (Lipinski definition) is 1. The van der Waals surface area contributed by atoms with Gasteiger partial charge in [-0.05, 0) is 29.5 Å². The normalized spacial score (nSPS) is 10.9. The molecule has 2 aromatic heterocycles. The van der Waals surface area contributed by atoms with Crippen LogP contribution in [0.4, 0.5) is 0 Å². The second-order valence-corrected chi connectivity index (χ2v) is 5.34. The van der Waals surface area contributed by atoms with Crippen LogP contribution in [0.1, 0.15) is 6.92 Å². The monoisotopic (exact) mass is 254 g/mol. The summed E-state index contributed by atoms with van der Waals surface area (Å²) in [4.78, 5) is 8.90. The first kappa shape index (κ1) is 11.4. The summed E-state index contributed by atoms with van der Waals surface area (Å²) in [5.74, 6) is 1.08. The molecule has 0 unspecified atom stereocenters. The lowest BCUT2D eigenvalue weighted by Gasteiger charge is -2.06. The molecule has 2 heterocycles. The number of aromatic amines is 1. The number of nitrogens with zero attached hydrogens (tertiary/aromatic N) is 1. The number of benzene rings is 1. The Bertz CT molecular complexity index is 673. The van der Waals surface area contributed by atoms with Gasteiger partial charge >= 0.3 is 0 Å². The topological polar surface area (TPSA) is 28.7 Å². The Morgan fingerprint density at radius 1 is 1.11 bits per heavy atom. The van der Waals surface area contributed by atoms with Gasteiger partial charge in [0.2, 0.25) is 0 Å². The van der Waals surface area contributed by atoms with E-state index in [2.05, 4.69) is 47.2 Å². The molecule has 3 heteroatoms. The molecule has 0 bridgehead atoms. The van der Waals surface area contributed by atoms with Crippen LogP contribution in [0.25, 0.3) is 22.2 Å². The van der Waals surface area contributed by atoms with Crippen molar-refractivity contribution in [1.29, 1.82) is 0 Å². The van der Waals surface area contributed by atoms with Crippen LogP contribution in [0.5, 0.6) is 0 Å². The van der Waals surface area contributed by atoms with Crippen molar-refractivity contribution < 1.29 is 0 Å². The summed E-state index contributed by atoms with van der Waals surface area (Å²) in [5, 5.41) is 1.18. The summed E-state index contributed by atoms with van der Waals surface area (Å²) in [6.07, 6.45) is 3.86. The van der Waals surface area contributed by atoms with Gasteiger partial charge in [-0.15, -0.1) is 11.8 Å². The zero-order valence-electron chi connectivity index (χ0n) is 10.2. The molecule has 3 rings (SSSR count). The molecule has 0 aliphatic heterocycles. The maximum absolute atomic E-state index is 4.34. The van der Waals surface area contributed by atoms with E-state index in [-0.39, 0.29) is 0 Å². The Labute approximate surface area is 110 Å². The average molecular weight is 254 g/mol. The summed E-state index contributed by atoms with van der Waals surface area (Å²) < 4.78 is 0. The molecule has 0 aliphatic rings. The molecule has 0 radical (unpaired) electrons. The minimum atomic E-state index is 0.948. The molecule has 1 aromatic carbocycles. The third kappa shape index (κ3) is 1.91. The van der Waals surface area contributed by atoms with Crippen LogP contribution < -0.4 is 0 Å². The molecule has 0 saturated carbocycles. The van der Waals surface area contributed by atoms with Crippen LogP contribution in [-0.2, 0) is 0 Å². The highest BCUT2D eigenvalue weighted by Crippen LogP contribution is 2.34. The number of H-pyrrole nitrogens is 1. The van der Waals surface area contributed by atoms with Gasteiger partial charge in [-0.1, -0.05) is 25.1 Å². The first-order valence-corrected chi connectivity index (χ1v) is 7.03. The van der Waals surface area contributed by atoms with Crippen LogP contribution >= 0.6 is 11.8 Å². The fourth-order valence-electron chi connectivity index (χ4n) is 2.15. The van der Waals surface area contributed by atoms with E-state index in [0.29, 0.717) is 0 Å². The standard InChI is InChI=1S/C15H14N2S/c1-2-18-14-8-4-3-6-11(14)13-10-17-15-12(13)7-5-9-16-15/h3-10H,2H2,1H3,(H,16,17). The van der Waals surface area contributed by atoms with Crippen LogP contribution in [0.3, 0.4) is 0 Å². The van der Waals surface area contributed by atoms with Crippen LogP contribution in [-0.4, -0.2) is 15.7 Å². The van der Waals surface area contributed by atoms with E-state index in [1.165, 1.54) is 21.4 Å². The third-order valence-corrected chi connectivity index (χ3v) is 3.88. The SMILES string of the molecule is CCSc1ccccc1-c1c[nH]c2ncccc12. The smallest absolute Gasteiger partial charge is 0.137 e. The Morgan fingerprint density at radius 3 is 2.89 bits per heavy atom. The Morgan fingerprint density at radius 2 is 2.00 bits per heavy atom. The van der Waals surface area contributed by atoms with E-state index in [0.717, 1.165) is 11.4 Å². The summed E-state index contributed by atoms with van der Waals surface area (Å²) >= 11 is 1.87. The van der Waals surface area contributed by atoms with E-state index in [1.807, 2.05) is 30.2 Å². The summed E-state index contributed by atoms with van der Waals surface area (Å²) in [6.45, 7) is 2.18. The molecule has 0 atom stereocenters. The lowest BCUT2D eigenvalue weighted by atomic mass is 10.1. The highest BCUT2D eigenvalue weighted by atomic mass is 32.2. The van der Waals surface area contributed by atoms with Gasteiger partial charge in [-0.25, -0.2) is 4.98 Å². The van der Waals surface area contributed by atoms with Gasteiger partial charge in [-0.2, -0.15) is 0 Å². The number of nitrogens with one attached hydrogen (secondary N) is 1. The highest BCUT2D eigenvalue weighted by Gasteiger charge is 2.09. The summed E-state index contributed by atoms with van der Waals surface area (Å²) in [5.41, 5.74) is 3.46. The molecule has 2 nitrogen and oxygen atoms in total. The molecule has 0 spiro atoms. The zero-order chi connectivity index (χ0) is 12.4. The molecular formula is C15H14N2S. The lowest BCUT2D eigenvalue weighted by Crippen LogP contribution is -1.81. The fourth-order valence-corrected chi connectivity index (χ4v) is 2.97. The van der Waals surface area contributed by atoms with E-state index in [9.17, 15) is 0 Å². The maximum atomic E-state index is 4.34. The highest BCUT2D eigenvalue weighted by molar-refractivity contribution is 7.99. The Hall–Kier alpha value is -1.74. The van der Waals surface area contributed by atoms with Gasteiger partial charge < -0.3 is 4.98 Å². The van der Waals surface area contributed by atoms with Gasteiger partial charge in [-0.3, -0.25) is 0 Å². The predicted octanol–water partition coefficient (Wildman–Crippen LogP) is 4.34. The van der Waals surface area contributed by atoms with Crippen molar-refractivity contribution in [1.82, 2.24) is 9.97 Å². The summed E-state index contributed by atoms with van der Waals surface area (Å²) in [6, 6.07) is 12.6. The number of fused-ring (bicyclic) bond motifs is 1. The van der Waals surface area contributed by atoms with Gasteiger partial charge in [0.1, 0.15) is 5.65 Å². The minimum Gasteiger partial charge on any atom is -0.346 e. The third-order valence-electron chi connectivity index (χ3n) is 2.93. The maximum Gasteiger partial charge on any atom is 0.137 e. The second kappa shape index (κ2) is 4.86. The van der Waals surface area contributed by atoms with Crippen LogP contribution in [0.15, 0.2) is 53.7 Å². The zero-order valence-corrected chi connectivity index (χ0v) is 11.0. The minimum absolute atomic E-state index is 0.948. The number of hydrogen-bond acceptors (Lipinski definition) is 2.